The van der Waals surface area contributed by atoms with Crippen molar-refractivity contribution in [3.05, 3.63) is 0 Å². The van der Waals surface area contributed by atoms with Crippen LogP contribution in [0.1, 0.15) is 33.6 Å². The van der Waals surface area contributed by atoms with E-state index in [0.717, 1.165) is 0 Å². The van der Waals surface area contributed by atoms with Crippen LogP contribution in [0.2, 0.25) is 0 Å². The van der Waals surface area contributed by atoms with Crippen LogP contribution in [0.5, 0.6) is 0 Å². The molecule has 2 aliphatic rings. The van der Waals surface area contributed by atoms with E-state index in [4.69, 9.17) is 4.74 Å². The molecule has 0 radical (unpaired) electrons. The Morgan fingerprint density at radius 1 is 1.64 bits per heavy atom. The first-order valence-electron chi connectivity index (χ1n) is 5.07. The smallest absolute Gasteiger partial charge is 0.262 e. The van der Waals surface area contributed by atoms with Gasteiger partial charge in [0.2, 0.25) is 0 Å². The van der Waals surface area contributed by atoms with Gasteiger partial charge in [-0.3, -0.25) is 4.79 Å². The van der Waals surface area contributed by atoms with Crippen LogP contribution in [0.15, 0.2) is 0 Å². The van der Waals surface area contributed by atoms with Crippen molar-refractivity contribution in [1.82, 2.24) is 4.90 Å². The van der Waals surface area contributed by atoms with E-state index >= 15 is 0 Å². The van der Waals surface area contributed by atoms with Crippen LogP contribution in [0.3, 0.4) is 0 Å². The van der Waals surface area contributed by atoms with Crippen molar-refractivity contribution < 1.29 is 13.9 Å². The number of fused-ring (bicyclic) bond motifs is 1. The fourth-order valence-corrected chi connectivity index (χ4v) is 2.42. The summed E-state index contributed by atoms with van der Waals surface area (Å²) < 4.78 is 19.5. The van der Waals surface area contributed by atoms with Gasteiger partial charge in [0.1, 0.15) is 5.72 Å². The predicted molar refractivity (Wildman–Crippen MR) is 49.4 cm³/mol. The van der Waals surface area contributed by atoms with Crippen LogP contribution in [0.4, 0.5) is 4.39 Å². The summed E-state index contributed by atoms with van der Waals surface area (Å²) in [4.78, 5) is 13.4. The Morgan fingerprint density at radius 2 is 2.29 bits per heavy atom. The summed E-state index contributed by atoms with van der Waals surface area (Å²) in [5.74, 6) is -0.396. The highest BCUT2D eigenvalue weighted by Gasteiger charge is 2.58. The van der Waals surface area contributed by atoms with Gasteiger partial charge < -0.3 is 9.64 Å². The van der Waals surface area contributed by atoms with Gasteiger partial charge in [0.15, 0.2) is 5.67 Å². The maximum atomic E-state index is 14.1. The molecule has 80 valence electrons. The van der Waals surface area contributed by atoms with Gasteiger partial charge in [-0.05, 0) is 20.3 Å². The van der Waals surface area contributed by atoms with Crippen molar-refractivity contribution in [2.24, 2.45) is 0 Å². The third-order valence-electron chi connectivity index (χ3n) is 3.30. The van der Waals surface area contributed by atoms with Gasteiger partial charge in [0, 0.05) is 6.42 Å². The third-order valence-corrected chi connectivity index (χ3v) is 3.30. The molecule has 0 spiro atoms. The van der Waals surface area contributed by atoms with Crippen molar-refractivity contribution in [1.29, 1.82) is 0 Å². The molecule has 2 unspecified atom stereocenters. The normalized spacial score (nSPS) is 40.4. The minimum Gasteiger partial charge on any atom is -0.354 e. The molecule has 0 aliphatic carbocycles. The zero-order valence-corrected chi connectivity index (χ0v) is 8.84. The number of hydrogen-bond acceptors (Lipinski definition) is 2. The minimum absolute atomic E-state index is 0.0672. The second kappa shape index (κ2) is 2.69. The van der Waals surface area contributed by atoms with Crippen molar-refractivity contribution >= 4 is 5.91 Å². The highest BCUT2D eigenvalue weighted by Crippen LogP contribution is 2.42. The highest BCUT2D eigenvalue weighted by atomic mass is 19.1. The topological polar surface area (TPSA) is 29.5 Å². The largest absolute Gasteiger partial charge is 0.354 e. The Bertz CT molecular complexity index is 279. The van der Waals surface area contributed by atoms with E-state index in [1.165, 1.54) is 0 Å². The fraction of sp³-hybridized carbons (Fsp3) is 0.900. The average Bonchev–Trinajstić information content (AvgIpc) is 2.53. The molecule has 0 aromatic carbocycles. The van der Waals surface area contributed by atoms with Crippen molar-refractivity contribution in [2.75, 3.05) is 6.61 Å². The monoisotopic (exact) mass is 201 g/mol. The quantitative estimate of drug-likeness (QED) is 0.643. The Kier molecular flexibility index (Phi) is 1.90. The number of rotatable bonds is 1. The number of ether oxygens (including phenoxy) is 1. The van der Waals surface area contributed by atoms with Gasteiger partial charge in [-0.25, -0.2) is 4.39 Å². The van der Waals surface area contributed by atoms with Gasteiger partial charge in [-0.15, -0.1) is 0 Å². The molecule has 2 aliphatic heterocycles. The van der Waals surface area contributed by atoms with Crippen LogP contribution >= 0.6 is 0 Å². The lowest BCUT2D eigenvalue weighted by Gasteiger charge is -2.30. The zero-order valence-electron chi connectivity index (χ0n) is 8.84. The first kappa shape index (κ1) is 9.90. The first-order chi connectivity index (χ1) is 6.41. The van der Waals surface area contributed by atoms with Crippen molar-refractivity contribution in [2.45, 2.75) is 51.0 Å². The summed E-state index contributed by atoms with van der Waals surface area (Å²) in [6.45, 7) is 5.80. The summed E-state index contributed by atoms with van der Waals surface area (Å²) in [5, 5.41) is 0. The molecule has 2 atom stereocenters. The van der Waals surface area contributed by atoms with Crippen molar-refractivity contribution in [3.8, 4) is 0 Å². The molecule has 0 saturated carbocycles. The van der Waals surface area contributed by atoms with Crippen LogP contribution in [0.25, 0.3) is 0 Å². The molecule has 0 bridgehead atoms. The number of hydrogen-bond donors (Lipinski definition) is 0. The van der Waals surface area contributed by atoms with Crippen LogP contribution in [0, 0.1) is 0 Å². The Hall–Kier alpha value is -0.640. The Morgan fingerprint density at radius 3 is 2.79 bits per heavy atom. The number of carbonyl (C=O) groups excluding carboxylic acids is 1. The van der Waals surface area contributed by atoms with Crippen LogP contribution < -0.4 is 0 Å². The lowest BCUT2D eigenvalue weighted by molar-refractivity contribution is -0.151. The molecule has 2 saturated heterocycles. The third kappa shape index (κ3) is 1.10. The highest BCUT2D eigenvalue weighted by molar-refractivity contribution is 5.88. The van der Waals surface area contributed by atoms with Gasteiger partial charge in [-0.2, -0.15) is 0 Å². The molecule has 14 heavy (non-hydrogen) atoms. The molecule has 3 nitrogen and oxygen atoms in total. The Labute approximate surface area is 83.2 Å². The van der Waals surface area contributed by atoms with Crippen LogP contribution in [-0.2, 0) is 9.53 Å². The molecule has 2 fully saturated rings. The molecule has 2 heterocycles. The Balaban J connectivity index is 2.30. The number of carbonyl (C=O) groups is 1. The summed E-state index contributed by atoms with van der Waals surface area (Å²) in [5.41, 5.74) is -2.28. The lowest BCUT2D eigenvalue weighted by Crippen LogP contribution is -2.47. The number of amides is 1. The molecule has 0 N–H and O–H groups in total. The first-order valence-corrected chi connectivity index (χ1v) is 5.07. The van der Waals surface area contributed by atoms with E-state index in [1.807, 2.05) is 13.8 Å². The summed E-state index contributed by atoms with van der Waals surface area (Å²) in [6.07, 6.45) is 0.542. The van der Waals surface area contributed by atoms with Gasteiger partial charge >= 0.3 is 0 Å². The average molecular weight is 201 g/mol. The summed E-state index contributed by atoms with van der Waals surface area (Å²) in [6, 6.07) is -0.0672. The maximum absolute atomic E-state index is 14.1. The van der Waals surface area contributed by atoms with Crippen molar-refractivity contribution in [3.63, 3.8) is 0 Å². The second-order valence-electron chi connectivity index (χ2n) is 4.61. The maximum Gasteiger partial charge on any atom is 0.262 e. The summed E-state index contributed by atoms with van der Waals surface area (Å²) >= 11 is 0. The number of alkyl halides is 1. The van der Waals surface area contributed by atoms with E-state index in [1.54, 1.807) is 11.8 Å². The lowest BCUT2D eigenvalue weighted by atomic mass is 9.99. The predicted octanol–water partition coefficient (Wildman–Crippen LogP) is 1.47. The molecule has 1 amide bonds. The minimum atomic E-state index is -1.65. The molecule has 4 heteroatoms. The van der Waals surface area contributed by atoms with E-state index in [-0.39, 0.29) is 18.9 Å². The molecule has 0 aromatic heterocycles. The van der Waals surface area contributed by atoms with Gasteiger partial charge in [-0.1, -0.05) is 6.92 Å². The molecular formula is C10H16FNO2. The van der Waals surface area contributed by atoms with Gasteiger partial charge in [0.25, 0.3) is 5.91 Å². The number of halogens is 1. The molecule has 0 aromatic rings. The standard InChI is InChI=1S/C10H16FNO2/c1-4-10(11)5-7-6-14-9(2,3)12(7)8(10)13/h7H,4-6H2,1-3H3. The second-order valence-corrected chi connectivity index (χ2v) is 4.61. The van der Waals surface area contributed by atoms with E-state index < -0.39 is 17.3 Å². The molecule has 2 rings (SSSR count). The van der Waals surface area contributed by atoms with E-state index in [9.17, 15) is 9.18 Å². The SMILES string of the molecule is CCC1(F)CC2COC(C)(C)N2C1=O. The molecular weight excluding hydrogens is 185 g/mol. The van der Waals surface area contributed by atoms with E-state index in [2.05, 4.69) is 0 Å². The summed E-state index contributed by atoms with van der Waals surface area (Å²) in [7, 11) is 0. The van der Waals surface area contributed by atoms with E-state index in [0.29, 0.717) is 6.61 Å². The number of nitrogens with zero attached hydrogens (tertiary/aromatic N) is 1. The van der Waals surface area contributed by atoms with Crippen LogP contribution in [-0.4, -0.2) is 34.8 Å². The zero-order chi connectivity index (χ0) is 10.6. The fourth-order valence-electron chi connectivity index (χ4n) is 2.42. The van der Waals surface area contributed by atoms with Gasteiger partial charge in [0.05, 0.1) is 12.6 Å².